The number of aldehydes is 1. The van der Waals surface area contributed by atoms with E-state index in [9.17, 15) is 4.79 Å². The maximum Gasteiger partial charge on any atom is 0.124 e. The highest BCUT2D eigenvalue weighted by atomic mass is 127. The van der Waals surface area contributed by atoms with Crippen LogP contribution in [0.15, 0.2) is 60.7 Å². The Morgan fingerprint density at radius 1 is 0.900 bits per heavy atom. The topological polar surface area (TPSA) is 17.1 Å². The number of hydrogen-bond donors (Lipinski definition) is 0. The molecule has 0 aliphatic rings. The number of benzene rings is 3. The molecule has 0 atom stereocenters. The van der Waals surface area contributed by atoms with Crippen LogP contribution < -0.4 is 0 Å². The molecule has 3 aromatic rings. The summed E-state index contributed by atoms with van der Waals surface area (Å²) >= 11 is 2.34. The highest BCUT2D eigenvalue weighted by molar-refractivity contribution is 14.1. The Kier molecular flexibility index (Phi) is 3.83. The third kappa shape index (κ3) is 2.61. The van der Waals surface area contributed by atoms with Gasteiger partial charge in [-0.1, -0.05) is 42.5 Å². The predicted molar refractivity (Wildman–Crippen MR) is 91.9 cm³/mol. The van der Waals surface area contributed by atoms with Gasteiger partial charge in [0.05, 0.1) is 0 Å². The number of carbonyl (C=O) groups excluding carboxylic acids is 1. The minimum absolute atomic E-state index is 0.470. The fourth-order valence-electron chi connectivity index (χ4n) is 2.37. The highest BCUT2D eigenvalue weighted by Gasteiger charge is 2.05. The van der Waals surface area contributed by atoms with E-state index < -0.39 is 0 Å². The van der Waals surface area contributed by atoms with Gasteiger partial charge >= 0.3 is 0 Å². The third-order valence-electron chi connectivity index (χ3n) is 3.41. The van der Waals surface area contributed by atoms with Crippen LogP contribution in [0.5, 0.6) is 0 Å². The summed E-state index contributed by atoms with van der Waals surface area (Å²) in [6.45, 7) is 0. The summed E-state index contributed by atoms with van der Waals surface area (Å²) in [7, 11) is 0. The Morgan fingerprint density at radius 2 is 1.70 bits per heavy atom. The van der Waals surface area contributed by atoms with Gasteiger partial charge in [0.1, 0.15) is 6.29 Å². The molecule has 0 radical (unpaired) electrons. The van der Waals surface area contributed by atoms with Crippen LogP contribution in [0.1, 0.15) is 5.56 Å². The first kappa shape index (κ1) is 13.3. The van der Waals surface area contributed by atoms with E-state index in [-0.39, 0.29) is 0 Å². The second-order valence-corrected chi connectivity index (χ2v) is 5.91. The quantitative estimate of drug-likeness (QED) is 0.474. The van der Waals surface area contributed by atoms with Crippen LogP contribution in [-0.4, -0.2) is 6.29 Å². The van der Waals surface area contributed by atoms with Gasteiger partial charge in [0.25, 0.3) is 0 Å². The van der Waals surface area contributed by atoms with Crippen LogP contribution >= 0.6 is 22.6 Å². The Bertz CT molecular complexity index is 777. The largest absolute Gasteiger partial charge is 0.303 e. The van der Waals surface area contributed by atoms with Crippen molar-refractivity contribution in [3.8, 4) is 11.1 Å². The van der Waals surface area contributed by atoms with E-state index in [0.717, 1.165) is 11.8 Å². The second-order valence-electron chi connectivity index (χ2n) is 4.75. The normalized spacial score (nSPS) is 10.7. The molecule has 0 fully saturated rings. The van der Waals surface area contributed by atoms with Gasteiger partial charge in [-0.3, -0.25) is 0 Å². The number of hydrogen-bond acceptors (Lipinski definition) is 1. The monoisotopic (exact) mass is 372 g/mol. The molecule has 3 rings (SSSR count). The van der Waals surface area contributed by atoms with E-state index in [4.69, 9.17) is 0 Å². The number of rotatable bonds is 3. The van der Waals surface area contributed by atoms with Crippen molar-refractivity contribution in [1.29, 1.82) is 0 Å². The van der Waals surface area contributed by atoms with Crippen LogP contribution in [0.2, 0.25) is 0 Å². The van der Waals surface area contributed by atoms with Gasteiger partial charge in [0.15, 0.2) is 0 Å². The molecule has 0 amide bonds. The molecule has 0 spiro atoms. The van der Waals surface area contributed by atoms with E-state index in [1.807, 2.05) is 6.07 Å². The Labute approximate surface area is 131 Å². The highest BCUT2D eigenvalue weighted by Crippen LogP contribution is 2.29. The molecule has 98 valence electrons. The molecule has 1 nitrogen and oxygen atoms in total. The van der Waals surface area contributed by atoms with Crippen molar-refractivity contribution in [2.75, 3.05) is 0 Å². The fourth-order valence-corrected chi connectivity index (χ4v) is 3.02. The van der Waals surface area contributed by atoms with Crippen molar-refractivity contribution in [3.05, 3.63) is 69.8 Å². The van der Waals surface area contributed by atoms with E-state index in [0.29, 0.717) is 6.42 Å². The maximum atomic E-state index is 10.7. The van der Waals surface area contributed by atoms with Gasteiger partial charge in [0.2, 0.25) is 0 Å². The van der Waals surface area contributed by atoms with Gasteiger partial charge in [-0.05, 0) is 68.3 Å². The van der Waals surface area contributed by atoms with Crippen molar-refractivity contribution >= 4 is 39.6 Å². The summed E-state index contributed by atoms with van der Waals surface area (Å²) < 4.78 is 1.20. The first-order valence-electron chi connectivity index (χ1n) is 6.49. The second kappa shape index (κ2) is 5.75. The molecule has 0 unspecified atom stereocenters. The zero-order chi connectivity index (χ0) is 13.9. The minimum Gasteiger partial charge on any atom is -0.303 e. The fraction of sp³-hybridized carbons (Fsp3) is 0.0556. The third-order valence-corrected chi connectivity index (χ3v) is 4.35. The van der Waals surface area contributed by atoms with Crippen molar-refractivity contribution < 1.29 is 4.79 Å². The van der Waals surface area contributed by atoms with Crippen LogP contribution in [0, 0.1) is 3.57 Å². The summed E-state index contributed by atoms with van der Waals surface area (Å²) in [5.41, 5.74) is 3.44. The Balaban J connectivity index is 2.14. The molecular weight excluding hydrogens is 359 g/mol. The molecule has 0 saturated heterocycles. The van der Waals surface area contributed by atoms with Gasteiger partial charge in [-0.25, -0.2) is 0 Å². The van der Waals surface area contributed by atoms with E-state index in [1.165, 1.54) is 25.5 Å². The Hall–Kier alpha value is -1.68. The van der Waals surface area contributed by atoms with Crippen molar-refractivity contribution in [2.24, 2.45) is 0 Å². The van der Waals surface area contributed by atoms with Gasteiger partial charge in [-0.15, -0.1) is 0 Å². The molecule has 20 heavy (non-hydrogen) atoms. The lowest BCUT2D eigenvalue weighted by Gasteiger charge is -2.08. The van der Waals surface area contributed by atoms with Crippen LogP contribution in [0.25, 0.3) is 21.9 Å². The number of halogens is 1. The lowest BCUT2D eigenvalue weighted by atomic mass is 9.99. The van der Waals surface area contributed by atoms with Crippen LogP contribution in [0.3, 0.4) is 0 Å². The lowest BCUT2D eigenvalue weighted by Crippen LogP contribution is -1.90. The molecule has 0 aromatic heterocycles. The van der Waals surface area contributed by atoms with Gasteiger partial charge in [0, 0.05) is 9.99 Å². The SMILES string of the molecule is O=CCc1ccc(I)c(-c2ccc3ccccc3c2)c1. The Morgan fingerprint density at radius 3 is 2.50 bits per heavy atom. The number of fused-ring (bicyclic) bond motifs is 1. The summed E-state index contributed by atoms with van der Waals surface area (Å²) in [4.78, 5) is 10.7. The van der Waals surface area contributed by atoms with Gasteiger partial charge < -0.3 is 4.79 Å². The average molecular weight is 372 g/mol. The molecule has 0 heterocycles. The molecule has 0 N–H and O–H groups in total. The van der Waals surface area contributed by atoms with Crippen molar-refractivity contribution in [3.63, 3.8) is 0 Å². The maximum absolute atomic E-state index is 10.7. The summed E-state index contributed by atoms with van der Waals surface area (Å²) in [5.74, 6) is 0. The number of carbonyl (C=O) groups is 1. The lowest BCUT2D eigenvalue weighted by molar-refractivity contribution is -0.107. The smallest absolute Gasteiger partial charge is 0.124 e. The van der Waals surface area contributed by atoms with E-state index >= 15 is 0 Å². The molecule has 0 saturated carbocycles. The predicted octanol–water partition coefficient (Wildman–Crippen LogP) is 4.85. The first-order chi connectivity index (χ1) is 9.78. The standard InChI is InChI=1S/C18H13IO/c19-18-8-5-13(9-10-20)11-17(18)16-7-6-14-3-1-2-4-15(14)12-16/h1-8,10-12H,9H2. The summed E-state index contributed by atoms with van der Waals surface area (Å²) in [5, 5.41) is 2.48. The molecule has 0 aliphatic heterocycles. The van der Waals surface area contributed by atoms with Crippen molar-refractivity contribution in [1.82, 2.24) is 0 Å². The van der Waals surface area contributed by atoms with Crippen LogP contribution in [0.4, 0.5) is 0 Å². The molecule has 0 aliphatic carbocycles. The van der Waals surface area contributed by atoms with E-state index in [2.05, 4.69) is 77.2 Å². The summed E-state index contributed by atoms with van der Waals surface area (Å²) in [6, 6.07) is 21.0. The first-order valence-corrected chi connectivity index (χ1v) is 7.57. The van der Waals surface area contributed by atoms with Crippen LogP contribution in [-0.2, 0) is 11.2 Å². The van der Waals surface area contributed by atoms with E-state index in [1.54, 1.807) is 0 Å². The molecule has 0 bridgehead atoms. The molecule has 3 aromatic carbocycles. The van der Waals surface area contributed by atoms with Gasteiger partial charge in [-0.2, -0.15) is 0 Å². The minimum atomic E-state index is 0.470. The molecular formula is C18H13IO. The zero-order valence-corrected chi connectivity index (χ0v) is 13.0. The summed E-state index contributed by atoms with van der Waals surface area (Å²) in [6.07, 6.45) is 1.42. The van der Waals surface area contributed by atoms with Crippen molar-refractivity contribution in [2.45, 2.75) is 6.42 Å². The zero-order valence-electron chi connectivity index (χ0n) is 10.8. The molecule has 2 heteroatoms. The average Bonchev–Trinajstić information content (AvgIpc) is 2.49.